The molecule has 102 valence electrons. The molecule has 2 N–H and O–H groups in total. The van der Waals surface area contributed by atoms with Crippen LogP contribution in [0.15, 0.2) is 48.8 Å². The van der Waals surface area contributed by atoms with Crippen LogP contribution < -0.4 is 10.5 Å². The number of nitriles is 1. The summed E-state index contributed by atoms with van der Waals surface area (Å²) in [5, 5.41) is 10.5. The Labute approximate surface area is 120 Å². The van der Waals surface area contributed by atoms with E-state index in [1.165, 1.54) is 12.1 Å². The van der Waals surface area contributed by atoms with Crippen molar-refractivity contribution < 1.29 is 9.13 Å². The number of aromatic nitrogens is 1. The molecule has 5 heteroatoms. The van der Waals surface area contributed by atoms with Crippen LogP contribution in [0.1, 0.15) is 5.56 Å². The largest absolute Gasteiger partial charge is 0.455 e. The number of nitrogens with zero attached hydrogens (tertiary/aromatic N) is 2. The Morgan fingerprint density at radius 2 is 1.95 bits per heavy atom. The van der Waals surface area contributed by atoms with E-state index >= 15 is 0 Å². The summed E-state index contributed by atoms with van der Waals surface area (Å²) in [6, 6.07) is 11.2. The minimum atomic E-state index is -0.618. The molecule has 1 heterocycles. The first-order chi connectivity index (χ1) is 10.2. The second kappa shape index (κ2) is 5.10. The van der Waals surface area contributed by atoms with E-state index in [-0.39, 0.29) is 11.3 Å². The highest BCUT2D eigenvalue weighted by Gasteiger charge is 2.12. The first kappa shape index (κ1) is 12.9. The number of benzene rings is 2. The number of nitrogens with two attached hydrogens (primary N) is 1. The maximum absolute atomic E-state index is 13.6. The van der Waals surface area contributed by atoms with Gasteiger partial charge in [-0.05, 0) is 30.3 Å². The Hall–Kier alpha value is -3.13. The molecule has 0 fully saturated rings. The van der Waals surface area contributed by atoms with Gasteiger partial charge in [0, 0.05) is 28.9 Å². The number of fused-ring (bicyclic) bond motifs is 1. The summed E-state index contributed by atoms with van der Waals surface area (Å²) in [5.74, 6) is 0.00898. The zero-order valence-electron chi connectivity index (χ0n) is 10.9. The lowest BCUT2D eigenvalue weighted by Crippen LogP contribution is -1.94. The number of halogens is 1. The summed E-state index contributed by atoms with van der Waals surface area (Å²) in [6.45, 7) is 0. The van der Waals surface area contributed by atoms with Gasteiger partial charge in [0.2, 0.25) is 0 Å². The number of ether oxygens (including phenoxy) is 1. The monoisotopic (exact) mass is 279 g/mol. The number of hydrogen-bond donors (Lipinski definition) is 1. The highest BCUT2D eigenvalue weighted by Crippen LogP contribution is 2.34. The normalized spacial score (nSPS) is 10.3. The van der Waals surface area contributed by atoms with Crippen molar-refractivity contribution in [3.05, 3.63) is 60.2 Å². The molecule has 0 bridgehead atoms. The van der Waals surface area contributed by atoms with Gasteiger partial charge in [0.1, 0.15) is 28.9 Å². The molecule has 0 atom stereocenters. The smallest absolute Gasteiger partial charge is 0.148 e. The SMILES string of the molecule is N#Cc1c(F)cccc1Oc1ccc(N)c2ccncc12. The summed E-state index contributed by atoms with van der Waals surface area (Å²) < 4.78 is 19.3. The lowest BCUT2D eigenvalue weighted by molar-refractivity contribution is 0.479. The van der Waals surface area contributed by atoms with E-state index in [4.69, 9.17) is 15.7 Å². The molecule has 0 radical (unpaired) electrons. The third-order valence-corrected chi connectivity index (χ3v) is 3.12. The molecule has 0 aliphatic heterocycles. The minimum Gasteiger partial charge on any atom is -0.455 e. The van der Waals surface area contributed by atoms with Gasteiger partial charge in [-0.3, -0.25) is 4.98 Å². The highest BCUT2D eigenvalue weighted by atomic mass is 19.1. The van der Waals surface area contributed by atoms with Crippen LogP contribution in [0.5, 0.6) is 11.5 Å². The maximum Gasteiger partial charge on any atom is 0.148 e. The second-order valence-electron chi connectivity index (χ2n) is 4.40. The molecule has 0 spiro atoms. The van der Waals surface area contributed by atoms with Crippen LogP contribution in [-0.4, -0.2) is 4.98 Å². The van der Waals surface area contributed by atoms with E-state index in [1.54, 1.807) is 42.7 Å². The van der Waals surface area contributed by atoms with Gasteiger partial charge in [-0.1, -0.05) is 6.07 Å². The van der Waals surface area contributed by atoms with E-state index in [2.05, 4.69) is 4.98 Å². The fourth-order valence-corrected chi connectivity index (χ4v) is 2.09. The molecule has 1 aromatic heterocycles. The van der Waals surface area contributed by atoms with Gasteiger partial charge in [0.25, 0.3) is 0 Å². The number of rotatable bonds is 2. The Morgan fingerprint density at radius 3 is 2.76 bits per heavy atom. The molecule has 3 aromatic rings. The van der Waals surface area contributed by atoms with E-state index in [9.17, 15) is 4.39 Å². The van der Waals surface area contributed by atoms with Crippen LogP contribution in [0.3, 0.4) is 0 Å². The Morgan fingerprint density at radius 1 is 1.10 bits per heavy atom. The fraction of sp³-hybridized carbons (Fsp3) is 0. The lowest BCUT2D eigenvalue weighted by atomic mass is 10.1. The summed E-state index contributed by atoms with van der Waals surface area (Å²) in [7, 11) is 0. The van der Waals surface area contributed by atoms with Gasteiger partial charge in [0.15, 0.2) is 0 Å². The lowest BCUT2D eigenvalue weighted by Gasteiger charge is -2.11. The predicted octanol–water partition coefficient (Wildman–Crippen LogP) is 3.62. The number of pyridine rings is 1. The van der Waals surface area contributed by atoms with Crippen LogP contribution in [0.4, 0.5) is 10.1 Å². The topological polar surface area (TPSA) is 71.9 Å². The average Bonchev–Trinajstić information content (AvgIpc) is 2.51. The van der Waals surface area contributed by atoms with Crippen molar-refractivity contribution in [2.45, 2.75) is 0 Å². The summed E-state index contributed by atoms with van der Waals surface area (Å²) in [4.78, 5) is 4.04. The van der Waals surface area contributed by atoms with E-state index in [0.717, 1.165) is 5.39 Å². The third-order valence-electron chi connectivity index (χ3n) is 3.12. The Bertz CT molecular complexity index is 871. The van der Waals surface area contributed by atoms with Gasteiger partial charge in [-0.2, -0.15) is 5.26 Å². The first-order valence-electron chi connectivity index (χ1n) is 6.19. The fourth-order valence-electron chi connectivity index (χ4n) is 2.09. The van der Waals surface area contributed by atoms with Crippen molar-refractivity contribution in [3.8, 4) is 17.6 Å². The molecular weight excluding hydrogens is 269 g/mol. The molecule has 21 heavy (non-hydrogen) atoms. The molecule has 4 nitrogen and oxygen atoms in total. The maximum atomic E-state index is 13.6. The summed E-state index contributed by atoms with van der Waals surface area (Å²) in [5.41, 5.74) is 6.37. The predicted molar refractivity (Wildman–Crippen MR) is 77.3 cm³/mol. The zero-order valence-corrected chi connectivity index (χ0v) is 10.9. The van der Waals surface area contributed by atoms with Gasteiger partial charge in [-0.15, -0.1) is 0 Å². The van der Waals surface area contributed by atoms with Crippen LogP contribution in [-0.2, 0) is 0 Å². The molecule has 0 saturated carbocycles. The van der Waals surface area contributed by atoms with Crippen LogP contribution in [0.25, 0.3) is 10.8 Å². The molecule has 0 unspecified atom stereocenters. The first-order valence-corrected chi connectivity index (χ1v) is 6.19. The van der Waals surface area contributed by atoms with Crippen LogP contribution in [0.2, 0.25) is 0 Å². The zero-order chi connectivity index (χ0) is 14.8. The van der Waals surface area contributed by atoms with Crippen molar-refractivity contribution in [3.63, 3.8) is 0 Å². The number of hydrogen-bond acceptors (Lipinski definition) is 4. The average molecular weight is 279 g/mol. The van der Waals surface area contributed by atoms with Crippen molar-refractivity contribution in [2.24, 2.45) is 0 Å². The van der Waals surface area contributed by atoms with Crippen molar-refractivity contribution in [1.82, 2.24) is 4.98 Å². The Balaban J connectivity index is 2.14. The summed E-state index contributed by atoms with van der Waals surface area (Å²) in [6.07, 6.45) is 3.25. The van der Waals surface area contributed by atoms with Crippen LogP contribution >= 0.6 is 0 Å². The molecule has 3 rings (SSSR count). The molecule has 0 aliphatic carbocycles. The molecule has 0 saturated heterocycles. The van der Waals surface area contributed by atoms with Crippen molar-refractivity contribution in [1.29, 1.82) is 5.26 Å². The number of anilines is 1. The molecule has 0 amide bonds. The highest BCUT2D eigenvalue weighted by molar-refractivity contribution is 5.96. The minimum absolute atomic E-state index is 0.133. The second-order valence-corrected chi connectivity index (χ2v) is 4.40. The van der Waals surface area contributed by atoms with E-state index in [1.807, 2.05) is 0 Å². The van der Waals surface area contributed by atoms with E-state index < -0.39 is 5.82 Å². The van der Waals surface area contributed by atoms with Crippen molar-refractivity contribution >= 4 is 16.5 Å². The van der Waals surface area contributed by atoms with Gasteiger partial charge < -0.3 is 10.5 Å². The van der Waals surface area contributed by atoms with Gasteiger partial charge in [-0.25, -0.2) is 4.39 Å². The molecular formula is C16H10FN3O. The summed E-state index contributed by atoms with van der Waals surface area (Å²) >= 11 is 0. The quantitative estimate of drug-likeness (QED) is 0.727. The van der Waals surface area contributed by atoms with Crippen LogP contribution in [0, 0.1) is 17.1 Å². The molecule has 0 aliphatic rings. The standard InChI is InChI=1S/C16H10FN3O/c17-13-2-1-3-15(11(13)8-18)21-16-5-4-14(19)10-6-7-20-9-12(10)16/h1-7,9H,19H2. The van der Waals surface area contributed by atoms with Crippen molar-refractivity contribution in [2.75, 3.05) is 5.73 Å². The number of nitrogen functional groups attached to an aromatic ring is 1. The van der Waals surface area contributed by atoms with E-state index in [0.29, 0.717) is 16.8 Å². The third kappa shape index (κ3) is 2.23. The molecule has 2 aromatic carbocycles. The Kier molecular flexibility index (Phi) is 3.13. The van der Waals surface area contributed by atoms with Gasteiger partial charge in [0.05, 0.1) is 0 Å². The van der Waals surface area contributed by atoms with Gasteiger partial charge >= 0.3 is 0 Å².